The number of hydrogen-bond acceptors (Lipinski definition) is 3. The van der Waals surface area contributed by atoms with Crippen molar-refractivity contribution >= 4 is 29.0 Å². The first-order valence-corrected chi connectivity index (χ1v) is 5.95. The highest BCUT2D eigenvalue weighted by atomic mass is 35.5. The molecule has 2 aromatic rings. The van der Waals surface area contributed by atoms with Crippen LogP contribution in [0.2, 0.25) is 5.02 Å². The lowest BCUT2D eigenvalue weighted by atomic mass is 10.2. The second kappa shape index (κ2) is 5.42. The Hall–Kier alpha value is -2.21. The van der Waals surface area contributed by atoms with Crippen LogP contribution in [0.5, 0.6) is 0 Å². The minimum absolute atomic E-state index is 0.0458. The van der Waals surface area contributed by atoms with Crippen molar-refractivity contribution in [3.63, 3.8) is 0 Å². The van der Waals surface area contributed by atoms with Crippen LogP contribution in [0, 0.1) is 18.6 Å². The van der Waals surface area contributed by atoms with E-state index in [4.69, 9.17) is 17.3 Å². The topological polar surface area (TPSA) is 68.0 Å². The first kappa shape index (κ1) is 14.2. The molecule has 0 radical (unpaired) electrons. The predicted octanol–water partition coefficient (Wildman–Crippen LogP) is 3.16. The van der Waals surface area contributed by atoms with Crippen LogP contribution < -0.4 is 11.1 Å². The minimum Gasteiger partial charge on any atom is -0.382 e. The van der Waals surface area contributed by atoms with E-state index in [1.54, 1.807) is 0 Å². The first-order valence-electron chi connectivity index (χ1n) is 5.57. The van der Waals surface area contributed by atoms with Gasteiger partial charge in [-0.3, -0.25) is 4.79 Å². The van der Waals surface area contributed by atoms with Gasteiger partial charge in [0.25, 0.3) is 5.91 Å². The molecule has 0 aliphatic rings. The SMILES string of the molecule is Cc1ccc(F)c(NC(=O)c2cnc(N)c(Cl)c2)c1F. The van der Waals surface area contributed by atoms with Crippen LogP contribution in [0.3, 0.4) is 0 Å². The molecule has 1 aromatic carbocycles. The monoisotopic (exact) mass is 297 g/mol. The molecule has 1 amide bonds. The van der Waals surface area contributed by atoms with Crippen LogP contribution in [0.15, 0.2) is 24.4 Å². The van der Waals surface area contributed by atoms with Gasteiger partial charge in [0.05, 0.1) is 10.6 Å². The second-order valence-electron chi connectivity index (χ2n) is 4.10. The van der Waals surface area contributed by atoms with E-state index in [2.05, 4.69) is 10.3 Å². The van der Waals surface area contributed by atoms with E-state index in [0.717, 1.165) is 6.07 Å². The van der Waals surface area contributed by atoms with Gasteiger partial charge in [0, 0.05) is 6.20 Å². The number of pyridine rings is 1. The molecule has 0 aliphatic heterocycles. The number of rotatable bonds is 2. The molecule has 0 spiro atoms. The number of aromatic nitrogens is 1. The van der Waals surface area contributed by atoms with E-state index in [1.807, 2.05) is 0 Å². The Morgan fingerprint density at radius 2 is 2.10 bits per heavy atom. The third-order valence-electron chi connectivity index (χ3n) is 2.65. The van der Waals surface area contributed by atoms with Gasteiger partial charge in [-0.2, -0.15) is 0 Å². The van der Waals surface area contributed by atoms with Gasteiger partial charge in [-0.05, 0) is 24.6 Å². The van der Waals surface area contributed by atoms with Gasteiger partial charge in [0.1, 0.15) is 17.3 Å². The summed E-state index contributed by atoms with van der Waals surface area (Å²) in [6.45, 7) is 1.46. The fourth-order valence-corrected chi connectivity index (χ4v) is 1.70. The lowest BCUT2D eigenvalue weighted by molar-refractivity contribution is 0.102. The van der Waals surface area contributed by atoms with Crippen LogP contribution in [-0.2, 0) is 0 Å². The number of benzene rings is 1. The number of carbonyl (C=O) groups excluding carboxylic acids is 1. The van der Waals surface area contributed by atoms with Crippen molar-refractivity contribution in [3.05, 3.63) is 52.2 Å². The molecule has 104 valence electrons. The summed E-state index contributed by atoms with van der Waals surface area (Å²) in [5.74, 6) is -2.36. The zero-order chi connectivity index (χ0) is 14.9. The third kappa shape index (κ3) is 2.70. The fourth-order valence-electron chi connectivity index (χ4n) is 1.53. The number of nitrogens with one attached hydrogen (secondary N) is 1. The minimum atomic E-state index is -0.865. The molecule has 1 aromatic heterocycles. The lowest BCUT2D eigenvalue weighted by Crippen LogP contribution is -2.15. The summed E-state index contributed by atoms with van der Waals surface area (Å²) in [5.41, 5.74) is 5.17. The number of halogens is 3. The second-order valence-corrected chi connectivity index (χ2v) is 4.51. The maximum atomic E-state index is 13.8. The molecular formula is C13H10ClF2N3O. The van der Waals surface area contributed by atoms with Crippen molar-refractivity contribution in [2.75, 3.05) is 11.1 Å². The standard InChI is InChI=1S/C13H10ClF2N3O/c1-6-2-3-9(15)11(10(6)16)19-13(20)7-4-8(14)12(17)18-5-7/h2-5H,1H3,(H2,17,18)(H,19,20). The van der Waals surface area contributed by atoms with Crippen molar-refractivity contribution in [2.45, 2.75) is 6.92 Å². The summed E-state index contributed by atoms with van der Waals surface area (Å²) in [7, 11) is 0. The highest BCUT2D eigenvalue weighted by molar-refractivity contribution is 6.33. The number of nitrogens with zero attached hydrogens (tertiary/aromatic N) is 1. The van der Waals surface area contributed by atoms with E-state index in [-0.39, 0.29) is 22.0 Å². The molecule has 0 saturated carbocycles. The number of hydrogen-bond donors (Lipinski definition) is 2. The van der Waals surface area contributed by atoms with Crippen molar-refractivity contribution in [2.24, 2.45) is 0 Å². The number of anilines is 2. The fraction of sp³-hybridized carbons (Fsp3) is 0.0769. The largest absolute Gasteiger partial charge is 0.382 e. The van der Waals surface area contributed by atoms with Gasteiger partial charge >= 0.3 is 0 Å². The Balaban J connectivity index is 2.32. The average molecular weight is 298 g/mol. The Morgan fingerprint density at radius 3 is 2.75 bits per heavy atom. The zero-order valence-corrected chi connectivity index (χ0v) is 11.1. The van der Waals surface area contributed by atoms with E-state index < -0.39 is 23.2 Å². The highest BCUT2D eigenvalue weighted by Gasteiger charge is 2.16. The quantitative estimate of drug-likeness (QED) is 0.894. The van der Waals surface area contributed by atoms with E-state index in [9.17, 15) is 13.6 Å². The number of nitrogens with two attached hydrogens (primary N) is 1. The highest BCUT2D eigenvalue weighted by Crippen LogP contribution is 2.23. The molecular weight excluding hydrogens is 288 g/mol. The van der Waals surface area contributed by atoms with Crippen LogP contribution in [-0.4, -0.2) is 10.9 Å². The smallest absolute Gasteiger partial charge is 0.257 e. The van der Waals surface area contributed by atoms with Gasteiger partial charge in [-0.15, -0.1) is 0 Å². The average Bonchev–Trinajstić information content (AvgIpc) is 2.42. The molecule has 0 atom stereocenters. The number of carbonyl (C=O) groups is 1. The third-order valence-corrected chi connectivity index (χ3v) is 2.96. The lowest BCUT2D eigenvalue weighted by Gasteiger charge is -2.09. The predicted molar refractivity (Wildman–Crippen MR) is 72.7 cm³/mol. The summed E-state index contributed by atoms with van der Waals surface area (Å²) in [6.07, 6.45) is 1.17. The Labute approximate surface area is 118 Å². The molecule has 3 N–H and O–H groups in total. The normalized spacial score (nSPS) is 10.4. The maximum absolute atomic E-state index is 13.8. The zero-order valence-electron chi connectivity index (χ0n) is 10.4. The summed E-state index contributed by atoms with van der Waals surface area (Å²) in [6, 6.07) is 3.62. The number of amides is 1. The van der Waals surface area contributed by atoms with Gasteiger partial charge in [-0.1, -0.05) is 17.7 Å². The molecule has 7 heteroatoms. The molecule has 20 heavy (non-hydrogen) atoms. The summed E-state index contributed by atoms with van der Waals surface area (Å²) < 4.78 is 27.3. The molecule has 2 rings (SSSR count). The van der Waals surface area contributed by atoms with Crippen molar-refractivity contribution in [3.8, 4) is 0 Å². The Morgan fingerprint density at radius 1 is 1.40 bits per heavy atom. The molecule has 0 fully saturated rings. The summed E-state index contributed by atoms with van der Waals surface area (Å²) in [5, 5.41) is 2.24. The molecule has 0 aliphatic carbocycles. The number of aryl methyl sites for hydroxylation is 1. The van der Waals surface area contributed by atoms with Gasteiger partial charge in [0.2, 0.25) is 0 Å². The summed E-state index contributed by atoms with van der Waals surface area (Å²) in [4.78, 5) is 15.6. The summed E-state index contributed by atoms with van der Waals surface area (Å²) >= 11 is 5.73. The number of nitrogen functional groups attached to an aromatic ring is 1. The van der Waals surface area contributed by atoms with Gasteiger partial charge in [-0.25, -0.2) is 13.8 Å². The van der Waals surface area contributed by atoms with Crippen molar-refractivity contribution in [1.82, 2.24) is 4.98 Å². The van der Waals surface area contributed by atoms with Crippen molar-refractivity contribution < 1.29 is 13.6 Å². The van der Waals surface area contributed by atoms with Crippen molar-refractivity contribution in [1.29, 1.82) is 0 Å². The van der Waals surface area contributed by atoms with E-state index in [0.29, 0.717) is 0 Å². The Kier molecular flexibility index (Phi) is 3.85. The first-order chi connectivity index (χ1) is 9.40. The maximum Gasteiger partial charge on any atom is 0.257 e. The van der Waals surface area contributed by atoms with Crippen LogP contribution in [0.4, 0.5) is 20.3 Å². The molecule has 0 bridgehead atoms. The molecule has 0 saturated heterocycles. The van der Waals surface area contributed by atoms with Gasteiger partial charge < -0.3 is 11.1 Å². The van der Waals surface area contributed by atoms with E-state index >= 15 is 0 Å². The molecule has 0 unspecified atom stereocenters. The van der Waals surface area contributed by atoms with Gasteiger partial charge in [0.15, 0.2) is 5.82 Å². The van der Waals surface area contributed by atoms with E-state index in [1.165, 1.54) is 25.3 Å². The molecule has 4 nitrogen and oxygen atoms in total. The molecule has 1 heterocycles. The van der Waals surface area contributed by atoms with Crippen LogP contribution >= 0.6 is 11.6 Å². The van der Waals surface area contributed by atoms with Crippen LogP contribution in [0.25, 0.3) is 0 Å². The van der Waals surface area contributed by atoms with Crippen LogP contribution in [0.1, 0.15) is 15.9 Å². The Bertz CT molecular complexity index is 692.